The second-order valence-corrected chi connectivity index (χ2v) is 10.8. The molecular formula is C34H36O10. The van der Waals surface area contributed by atoms with Crippen molar-refractivity contribution in [3.8, 4) is 0 Å². The fraction of sp³-hybridized carbons (Fsp3) is 0.382. The molecule has 2 fully saturated rings. The third kappa shape index (κ3) is 7.65. The standard InChI is InChI=1S/C34H36O10/c35-29-32-31(43-34(36)44-32)28(22-38-19-24-12-6-2-7-13-24)41-33(29)42-30-26(40-20-25-14-8-3-9-15-25)16-17-39-27(30)21-37-18-23-10-4-1-5-11-23/h1-17,26-33,35H,18-22H2/t26-,27?,28?,29+,30+,31-,32+,33?/m0/s1. The van der Waals surface area contributed by atoms with Crippen LogP contribution in [0.25, 0.3) is 0 Å². The van der Waals surface area contributed by atoms with Crippen molar-refractivity contribution in [2.24, 2.45) is 0 Å². The minimum atomic E-state index is -1.33. The Balaban J connectivity index is 1.16. The highest BCUT2D eigenvalue weighted by Crippen LogP contribution is 2.34. The number of ether oxygens (including phenoxy) is 8. The molecule has 0 aliphatic carbocycles. The number of carbonyl (C=O) groups is 1. The Morgan fingerprint density at radius 2 is 1.23 bits per heavy atom. The minimum absolute atomic E-state index is 0.0813. The molecule has 10 heteroatoms. The number of hydrogen-bond acceptors (Lipinski definition) is 10. The molecule has 0 aromatic heterocycles. The van der Waals surface area contributed by atoms with E-state index < -0.39 is 55.2 Å². The molecule has 3 heterocycles. The van der Waals surface area contributed by atoms with E-state index in [2.05, 4.69) is 0 Å². The molecule has 10 nitrogen and oxygen atoms in total. The second-order valence-electron chi connectivity index (χ2n) is 10.8. The Kier molecular flexibility index (Phi) is 10.2. The van der Waals surface area contributed by atoms with Crippen LogP contribution in [-0.4, -0.2) is 73.5 Å². The van der Waals surface area contributed by atoms with Gasteiger partial charge in [-0.15, -0.1) is 0 Å². The van der Waals surface area contributed by atoms with Crippen molar-refractivity contribution in [1.29, 1.82) is 0 Å². The van der Waals surface area contributed by atoms with Crippen LogP contribution in [0.15, 0.2) is 103 Å². The van der Waals surface area contributed by atoms with Crippen LogP contribution >= 0.6 is 0 Å². The van der Waals surface area contributed by atoms with Gasteiger partial charge in [-0.3, -0.25) is 0 Å². The zero-order valence-corrected chi connectivity index (χ0v) is 24.1. The van der Waals surface area contributed by atoms with Crippen LogP contribution in [0.5, 0.6) is 0 Å². The number of rotatable bonds is 13. The maximum absolute atomic E-state index is 12.1. The average Bonchev–Trinajstić information content (AvgIpc) is 3.46. The maximum Gasteiger partial charge on any atom is 0.509 e. The van der Waals surface area contributed by atoms with Crippen LogP contribution in [0.4, 0.5) is 4.79 Å². The van der Waals surface area contributed by atoms with Crippen molar-refractivity contribution >= 4 is 6.16 Å². The lowest BCUT2D eigenvalue weighted by atomic mass is 9.98. The summed E-state index contributed by atoms with van der Waals surface area (Å²) in [6.07, 6.45) is -4.55. The molecule has 3 unspecified atom stereocenters. The molecule has 1 N–H and O–H groups in total. The monoisotopic (exact) mass is 604 g/mol. The lowest BCUT2D eigenvalue weighted by Crippen LogP contribution is -2.60. The first-order valence-electron chi connectivity index (χ1n) is 14.7. The fourth-order valence-electron chi connectivity index (χ4n) is 5.40. The predicted octanol–water partition coefficient (Wildman–Crippen LogP) is 4.29. The Bertz CT molecular complexity index is 1340. The molecule has 0 radical (unpaired) electrons. The molecule has 6 rings (SSSR count). The molecule has 2 saturated heterocycles. The molecular weight excluding hydrogens is 568 g/mol. The quantitative estimate of drug-likeness (QED) is 0.284. The van der Waals surface area contributed by atoms with Gasteiger partial charge in [-0.1, -0.05) is 91.0 Å². The van der Waals surface area contributed by atoms with Crippen molar-refractivity contribution in [3.05, 3.63) is 120 Å². The van der Waals surface area contributed by atoms with Crippen molar-refractivity contribution in [3.63, 3.8) is 0 Å². The molecule has 3 aromatic carbocycles. The van der Waals surface area contributed by atoms with Gasteiger partial charge < -0.3 is 43.0 Å². The molecule has 0 saturated carbocycles. The van der Waals surface area contributed by atoms with E-state index in [4.69, 9.17) is 37.9 Å². The van der Waals surface area contributed by atoms with E-state index in [-0.39, 0.29) is 13.2 Å². The Morgan fingerprint density at radius 3 is 1.84 bits per heavy atom. The fourth-order valence-corrected chi connectivity index (χ4v) is 5.40. The third-order valence-corrected chi connectivity index (χ3v) is 7.65. The summed E-state index contributed by atoms with van der Waals surface area (Å²) in [5, 5.41) is 11.2. The lowest BCUT2D eigenvalue weighted by molar-refractivity contribution is -0.314. The molecule has 3 aliphatic heterocycles. The van der Waals surface area contributed by atoms with Crippen molar-refractivity contribution in [2.75, 3.05) is 13.2 Å². The van der Waals surface area contributed by atoms with Crippen molar-refractivity contribution in [2.45, 2.75) is 68.8 Å². The van der Waals surface area contributed by atoms with Crippen LogP contribution in [0, 0.1) is 0 Å². The minimum Gasteiger partial charge on any atom is -0.493 e. The second kappa shape index (κ2) is 14.8. The summed E-state index contributed by atoms with van der Waals surface area (Å²) in [6, 6.07) is 29.3. The van der Waals surface area contributed by atoms with Gasteiger partial charge in [0.25, 0.3) is 0 Å². The molecule has 3 aromatic rings. The van der Waals surface area contributed by atoms with Crippen LogP contribution in [0.2, 0.25) is 0 Å². The van der Waals surface area contributed by atoms with Gasteiger partial charge in [0.2, 0.25) is 0 Å². The lowest BCUT2D eigenvalue weighted by Gasteiger charge is -2.42. The van der Waals surface area contributed by atoms with Gasteiger partial charge >= 0.3 is 6.16 Å². The predicted molar refractivity (Wildman–Crippen MR) is 156 cm³/mol. The number of fused-ring (bicyclic) bond motifs is 1. The summed E-state index contributed by atoms with van der Waals surface area (Å²) in [5.41, 5.74) is 2.99. The van der Waals surface area contributed by atoms with E-state index in [1.54, 1.807) is 12.3 Å². The summed E-state index contributed by atoms with van der Waals surface area (Å²) < 4.78 is 47.5. The van der Waals surface area contributed by atoms with Crippen LogP contribution in [0.1, 0.15) is 16.7 Å². The van der Waals surface area contributed by atoms with E-state index in [1.807, 2.05) is 91.0 Å². The molecule has 0 spiro atoms. The smallest absolute Gasteiger partial charge is 0.493 e. The largest absolute Gasteiger partial charge is 0.509 e. The summed E-state index contributed by atoms with van der Waals surface area (Å²) in [5.74, 6) is 0. The zero-order chi connectivity index (χ0) is 30.1. The van der Waals surface area contributed by atoms with E-state index in [9.17, 15) is 9.90 Å². The van der Waals surface area contributed by atoms with Crippen LogP contribution in [-0.2, 0) is 57.7 Å². The SMILES string of the molecule is O=C1O[C@@H]2[C@@H](O)C(O[C@H]3C(COCc4ccccc4)OC=C[C@@H]3OCc3ccccc3)OC(COCc3ccccc3)[C@@H]2O1. The molecule has 3 aliphatic rings. The Hall–Kier alpha value is -3.77. The Morgan fingerprint density at radius 1 is 0.682 bits per heavy atom. The van der Waals surface area contributed by atoms with Crippen molar-refractivity contribution in [1.82, 2.24) is 0 Å². The molecule has 44 heavy (non-hydrogen) atoms. The summed E-state index contributed by atoms with van der Waals surface area (Å²) in [4.78, 5) is 12.1. The van der Waals surface area contributed by atoms with Gasteiger partial charge in [0.05, 0.1) is 39.3 Å². The first-order valence-corrected chi connectivity index (χ1v) is 14.7. The number of carbonyl (C=O) groups excluding carboxylic acids is 1. The van der Waals surface area contributed by atoms with E-state index in [0.29, 0.717) is 19.8 Å². The molecule has 0 bridgehead atoms. The van der Waals surface area contributed by atoms with Gasteiger partial charge in [-0.05, 0) is 22.8 Å². The molecule has 8 atom stereocenters. The average molecular weight is 605 g/mol. The highest BCUT2D eigenvalue weighted by molar-refractivity contribution is 5.63. The van der Waals surface area contributed by atoms with E-state index >= 15 is 0 Å². The van der Waals surface area contributed by atoms with Gasteiger partial charge in [0, 0.05) is 0 Å². The van der Waals surface area contributed by atoms with Gasteiger partial charge in [-0.2, -0.15) is 0 Å². The molecule has 0 amide bonds. The van der Waals surface area contributed by atoms with Gasteiger partial charge in [0.1, 0.15) is 24.4 Å². The number of hydrogen-bond donors (Lipinski definition) is 1. The molecule has 232 valence electrons. The highest BCUT2D eigenvalue weighted by atomic mass is 16.8. The third-order valence-electron chi connectivity index (χ3n) is 7.65. The van der Waals surface area contributed by atoms with Crippen LogP contribution in [0.3, 0.4) is 0 Å². The van der Waals surface area contributed by atoms with Gasteiger partial charge in [0.15, 0.2) is 24.6 Å². The first kappa shape index (κ1) is 30.3. The normalized spacial score (nSPS) is 29.3. The number of aliphatic hydroxyl groups is 1. The summed E-state index contributed by atoms with van der Waals surface area (Å²) in [6.45, 7) is 1.31. The number of benzene rings is 3. The Labute approximate surface area is 256 Å². The zero-order valence-electron chi connectivity index (χ0n) is 24.1. The number of aliphatic hydroxyl groups excluding tert-OH is 1. The van der Waals surface area contributed by atoms with Crippen LogP contribution < -0.4 is 0 Å². The topological polar surface area (TPSA) is 111 Å². The summed E-state index contributed by atoms with van der Waals surface area (Å²) >= 11 is 0. The first-order chi connectivity index (χ1) is 21.6. The maximum atomic E-state index is 12.1. The van der Waals surface area contributed by atoms with Gasteiger partial charge in [-0.25, -0.2) is 4.79 Å². The summed E-state index contributed by atoms with van der Waals surface area (Å²) in [7, 11) is 0. The van der Waals surface area contributed by atoms with Crippen molar-refractivity contribution < 1.29 is 47.8 Å². The van der Waals surface area contributed by atoms with E-state index in [1.165, 1.54) is 0 Å². The van der Waals surface area contributed by atoms with E-state index in [0.717, 1.165) is 16.7 Å². The highest BCUT2D eigenvalue weighted by Gasteiger charge is 2.55.